The molecule has 2 aliphatic rings. The molecule has 0 saturated heterocycles. The van der Waals surface area contributed by atoms with Crippen molar-refractivity contribution in [1.82, 2.24) is 0 Å². The summed E-state index contributed by atoms with van der Waals surface area (Å²) < 4.78 is 0. The minimum atomic E-state index is 0.122. The molecular formula is C16H18O. The van der Waals surface area contributed by atoms with Crippen molar-refractivity contribution in [1.29, 1.82) is 0 Å². The van der Waals surface area contributed by atoms with Crippen molar-refractivity contribution in [3.05, 3.63) is 46.4 Å². The van der Waals surface area contributed by atoms with Gasteiger partial charge < -0.3 is 0 Å². The van der Waals surface area contributed by atoms with Gasteiger partial charge in [-0.2, -0.15) is 0 Å². The second-order valence-corrected chi connectivity index (χ2v) is 5.52. The minimum Gasteiger partial charge on any atom is -0.288 e. The fraction of sp³-hybridized carbons (Fsp3) is 0.438. The van der Waals surface area contributed by atoms with Gasteiger partial charge in [-0.1, -0.05) is 43.5 Å². The Morgan fingerprint density at radius 1 is 1.29 bits per heavy atom. The molecule has 0 atom stereocenters. The molecule has 0 aromatic carbocycles. The molecule has 0 radical (unpaired) electrons. The molecule has 2 rings (SSSR count). The molecule has 0 bridgehead atoms. The fourth-order valence-corrected chi connectivity index (χ4v) is 1.96. The van der Waals surface area contributed by atoms with Crippen LogP contribution >= 0.6 is 0 Å². The molecule has 0 saturated carbocycles. The standard InChI is InChI=1S/C16H18O/c1-12-4-6-13(7-5-12)15(17)14-8-10-16(2,3)11-9-14/h8-10H,4,6,11H2,1-3H3. The van der Waals surface area contributed by atoms with Crippen LogP contribution in [-0.4, -0.2) is 5.78 Å². The van der Waals surface area contributed by atoms with Gasteiger partial charge >= 0.3 is 0 Å². The first-order chi connectivity index (χ1) is 7.98. The van der Waals surface area contributed by atoms with E-state index in [1.807, 2.05) is 19.1 Å². The van der Waals surface area contributed by atoms with E-state index < -0.39 is 0 Å². The number of ketones is 1. The van der Waals surface area contributed by atoms with Crippen LogP contribution in [0.25, 0.3) is 0 Å². The molecular weight excluding hydrogens is 208 g/mol. The number of hydrogen-bond donors (Lipinski definition) is 0. The van der Waals surface area contributed by atoms with Crippen LogP contribution in [-0.2, 0) is 4.79 Å². The first-order valence-corrected chi connectivity index (χ1v) is 6.12. The largest absolute Gasteiger partial charge is 0.288 e. The predicted octanol–water partition coefficient (Wildman–Crippen LogP) is 3.89. The van der Waals surface area contributed by atoms with Crippen LogP contribution < -0.4 is 0 Å². The van der Waals surface area contributed by atoms with Crippen molar-refractivity contribution in [2.45, 2.75) is 40.0 Å². The van der Waals surface area contributed by atoms with Crippen molar-refractivity contribution in [2.24, 2.45) is 5.41 Å². The normalized spacial score (nSPS) is 21.7. The molecule has 0 aromatic heterocycles. The molecule has 0 amide bonds. The van der Waals surface area contributed by atoms with Crippen molar-refractivity contribution < 1.29 is 4.79 Å². The molecule has 0 N–H and O–H groups in total. The first kappa shape index (κ1) is 11.9. The molecule has 2 aliphatic carbocycles. The zero-order valence-corrected chi connectivity index (χ0v) is 10.8. The van der Waals surface area contributed by atoms with Gasteiger partial charge in [-0.05, 0) is 37.2 Å². The van der Waals surface area contributed by atoms with E-state index in [1.54, 1.807) is 0 Å². The summed E-state index contributed by atoms with van der Waals surface area (Å²) in [6.45, 7) is 6.37. The summed E-state index contributed by atoms with van der Waals surface area (Å²) >= 11 is 0. The Balaban J connectivity index is 2.22. The van der Waals surface area contributed by atoms with Gasteiger partial charge in [-0.3, -0.25) is 4.79 Å². The lowest BCUT2D eigenvalue weighted by atomic mass is 9.82. The van der Waals surface area contributed by atoms with Crippen LogP contribution in [0.4, 0.5) is 0 Å². The number of allylic oxidation sites excluding steroid dienone is 6. The van der Waals surface area contributed by atoms with E-state index in [2.05, 4.69) is 31.4 Å². The molecule has 1 nitrogen and oxygen atoms in total. The predicted molar refractivity (Wildman–Crippen MR) is 69.6 cm³/mol. The van der Waals surface area contributed by atoms with E-state index in [9.17, 15) is 4.79 Å². The molecule has 0 aromatic rings. The topological polar surface area (TPSA) is 17.1 Å². The minimum absolute atomic E-state index is 0.122. The Kier molecular flexibility index (Phi) is 3.07. The molecule has 0 spiro atoms. The molecule has 0 aliphatic heterocycles. The summed E-state index contributed by atoms with van der Waals surface area (Å²) in [6.07, 6.45) is 8.77. The van der Waals surface area contributed by atoms with Gasteiger partial charge in [0.2, 0.25) is 0 Å². The molecule has 88 valence electrons. The maximum Gasteiger partial charge on any atom is 0.197 e. The average Bonchev–Trinajstić information content (AvgIpc) is 2.29. The maximum absolute atomic E-state index is 12.2. The van der Waals surface area contributed by atoms with Crippen molar-refractivity contribution in [3.63, 3.8) is 0 Å². The fourth-order valence-electron chi connectivity index (χ4n) is 1.96. The molecule has 0 fully saturated rings. The zero-order chi connectivity index (χ0) is 12.5. The van der Waals surface area contributed by atoms with Crippen LogP contribution in [0.5, 0.6) is 0 Å². The van der Waals surface area contributed by atoms with Crippen LogP contribution in [0.1, 0.15) is 40.0 Å². The van der Waals surface area contributed by atoms with Crippen LogP contribution in [0, 0.1) is 5.41 Å². The van der Waals surface area contributed by atoms with Gasteiger partial charge in [-0.15, -0.1) is 0 Å². The van der Waals surface area contributed by atoms with Crippen LogP contribution in [0.3, 0.4) is 0 Å². The second kappa shape index (κ2) is 4.37. The highest BCUT2D eigenvalue weighted by Gasteiger charge is 2.21. The van der Waals surface area contributed by atoms with Crippen molar-refractivity contribution in [3.8, 4) is 0 Å². The number of carbonyl (C=O) groups is 1. The Morgan fingerprint density at radius 3 is 2.59 bits per heavy atom. The van der Waals surface area contributed by atoms with Gasteiger partial charge in [-0.25, -0.2) is 0 Å². The molecule has 17 heavy (non-hydrogen) atoms. The Morgan fingerprint density at radius 2 is 2.06 bits per heavy atom. The highest BCUT2D eigenvalue weighted by Crippen LogP contribution is 2.30. The summed E-state index contributed by atoms with van der Waals surface area (Å²) in [5.41, 5.74) is 8.95. The Labute approximate surface area is 103 Å². The lowest BCUT2D eigenvalue weighted by molar-refractivity contribution is -0.112. The van der Waals surface area contributed by atoms with E-state index in [4.69, 9.17) is 0 Å². The third-order valence-corrected chi connectivity index (χ3v) is 3.28. The number of carbonyl (C=O) groups excluding carboxylic acids is 1. The summed E-state index contributed by atoms with van der Waals surface area (Å²) in [6, 6.07) is 0. The Hall–Kier alpha value is -1.55. The van der Waals surface area contributed by atoms with Gasteiger partial charge in [0.15, 0.2) is 5.78 Å². The van der Waals surface area contributed by atoms with E-state index >= 15 is 0 Å². The highest BCUT2D eigenvalue weighted by molar-refractivity contribution is 6.10. The first-order valence-electron chi connectivity index (χ1n) is 6.12. The van der Waals surface area contributed by atoms with Crippen molar-refractivity contribution >= 4 is 5.78 Å². The average molecular weight is 226 g/mol. The molecule has 0 unspecified atom stereocenters. The van der Waals surface area contributed by atoms with E-state index in [1.165, 1.54) is 5.57 Å². The van der Waals surface area contributed by atoms with Crippen molar-refractivity contribution in [2.75, 3.05) is 0 Å². The second-order valence-electron chi connectivity index (χ2n) is 5.52. The van der Waals surface area contributed by atoms with E-state index in [0.717, 1.165) is 30.4 Å². The third-order valence-electron chi connectivity index (χ3n) is 3.28. The lowest BCUT2D eigenvalue weighted by Gasteiger charge is -2.22. The lowest BCUT2D eigenvalue weighted by Crippen LogP contribution is -2.13. The summed E-state index contributed by atoms with van der Waals surface area (Å²) in [4.78, 5) is 12.2. The maximum atomic E-state index is 12.2. The summed E-state index contributed by atoms with van der Waals surface area (Å²) in [7, 11) is 0. The van der Waals surface area contributed by atoms with Crippen LogP contribution in [0.2, 0.25) is 0 Å². The zero-order valence-electron chi connectivity index (χ0n) is 10.8. The molecule has 0 heterocycles. The SMILES string of the molecule is CC1=C=C=C(C(=O)C2=CCC(C)(C)C=C2)CC1. The molecule has 1 heteroatoms. The van der Waals surface area contributed by atoms with Gasteiger partial charge in [0.1, 0.15) is 0 Å². The van der Waals surface area contributed by atoms with Gasteiger partial charge in [0, 0.05) is 5.57 Å². The monoisotopic (exact) mass is 226 g/mol. The van der Waals surface area contributed by atoms with Gasteiger partial charge in [0.05, 0.1) is 5.57 Å². The number of rotatable bonds is 2. The summed E-state index contributed by atoms with van der Waals surface area (Å²) in [5.74, 6) is 0.122. The van der Waals surface area contributed by atoms with E-state index in [0.29, 0.717) is 0 Å². The third kappa shape index (κ3) is 2.77. The summed E-state index contributed by atoms with van der Waals surface area (Å²) in [5, 5.41) is 0. The van der Waals surface area contributed by atoms with Crippen LogP contribution in [0.15, 0.2) is 46.4 Å². The number of hydrogen-bond acceptors (Lipinski definition) is 1. The van der Waals surface area contributed by atoms with Gasteiger partial charge in [0.25, 0.3) is 0 Å². The smallest absolute Gasteiger partial charge is 0.197 e. The van der Waals surface area contributed by atoms with E-state index in [-0.39, 0.29) is 11.2 Å². The quantitative estimate of drug-likeness (QED) is 0.653. The Bertz CT molecular complexity index is 514. The highest BCUT2D eigenvalue weighted by atomic mass is 16.1. The number of Topliss-reactive ketones (excluding diaryl/α,β-unsaturated/α-hetero) is 1.